The highest BCUT2D eigenvalue weighted by Crippen LogP contribution is 2.13. The number of thiocarbonyl (C=S) groups is 1. The number of hydrogen-bond acceptors (Lipinski definition) is 4. The van der Waals surface area contributed by atoms with Crippen LogP contribution >= 0.6 is 12.2 Å². The highest BCUT2D eigenvalue weighted by Gasteiger charge is 1.99. The van der Waals surface area contributed by atoms with Gasteiger partial charge in [0.25, 0.3) is 0 Å². The van der Waals surface area contributed by atoms with Crippen molar-refractivity contribution in [1.29, 1.82) is 0 Å². The van der Waals surface area contributed by atoms with E-state index in [9.17, 15) is 5.11 Å². The number of pyridine rings is 1. The largest absolute Gasteiger partial charge is 0.508 e. The summed E-state index contributed by atoms with van der Waals surface area (Å²) in [6.45, 7) is 1.85. The summed E-state index contributed by atoms with van der Waals surface area (Å²) in [4.78, 5) is 4.19. The Balaban J connectivity index is 1.93. The number of aromatic nitrogens is 1. The van der Waals surface area contributed by atoms with Gasteiger partial charge in [-0.2, -0.15) is 5.10 Å². The maximum Gasteiger partial charge on any atom is 0.191 e. The molecule has 6 heteroatoms. The Morgan fingerprint density at radius 1 is 1.20 bits per heavy atom. The van der Waals surface area contributed by atoms with Crippen molar-refractivity contribution in [2.24, 2.45) is 5.10 Å². The zero-order valence-electron chi connectivity index (χ0n) is 10.9. The van der Waals surface area contributed by atoms with Gasteiger partial charge in [-0.3, -0.25) is 10.4 Å². The number of phenols is 1. The molecule has 0 aliphatic rings. The molecule has 5 nitrogen and oxygen atoms in total. The molecule has 102 valence electrons. The van der Waals surface area contributed by atoms with E-state index < -0.39 is 0 Å². The second-order valence-electron chi connectivity index (χ2n) is 4.02. The van der Waals surface area contributed by atoms with E-state index >= 15 is 0 Å². The van der Waals surface area contributed by atoms with Crippen LogP contribution in [0.5, 0.6) is 5.75 Å². The lowest BCUT2D eigenvalue weighted by Crippen LogP contribution is -2.25. The Labute approximate surface area is 122 Å². The molecule has 0 spiro atoms. The molecule has 1 aromatic carbocycles. The predicted octanol–water partition coefficient (Wildman–Crippen LogP) is 2.50. The monoisotopic (exact) mass is 286 g/mol. The SMILES string of the molecule is C/C(=N\NC(=S)Nc1ccc(O)cc1)c1ccccn1. The molecule has 0 atom stereocenters. The Bertz CT molecular complexity index is 611. The van der Waals surface area contributed by atoms with Gasteiger partial charge in [0, 0.05) is 11.9 Å². The number of anilines is 1. The van der Waals surface area contributed by atoms with Gasteiger partial charge < -0.3 is 10.4 Å². The third-order valence-corrected chi connectivity index (χ3v) is 2.68. The van der Waals surface area contributed by atoms with E-state index in [1.54, 1.807) is 30.5 Å². The summed E-state index contributed by atoms with van der Waals surface area (Å²) < 4.78 is 0. The molecule has 0 fully saturated rings. The van der Waals surface area contributed by atoms with Crippen molar-refractivity contribution in [1.82, 2.24) is 10.4 Å². The van der Waals surface area contributed by atoms with Crippen molar-refractivity contribution < 1.29 is 5.11 Å². The molecule has 0 aliphatic heterocycles. The zero-order chi connectivity index (χ0) is 14.4. The minimum Gasteiger partial charge on any atom is -0.508 e. The predicted molar refractivity (Wildman–Crippen MR) is 83.9 cm³/mol. The first-order valence-electron chi connectivity index (χ1n) is 5.97. The van der Waals surface area contributed by atoms with Gasteiger partial charge in [0.15, 0.2) is 5.11 Å². The van der Waals surface area contributed by atoms with E-state index in [0.717, 1.165) is 17.1 Å². The van der Waals surface area contributed by atoms with Gasteiger partial charge in [0.1, 0.15) is 5.75 Å². The van der Waals surface area contributed by atoms with Gasteiger partial charge in [0.05, 0.1) is 11.4 Å². The quantitative estimate of drug-likeness (QED) is 0.350. The molecule has 1 aromatic heterocycles. The first kappa shape index (κ1) is 14.0. The molecular formula is C14H14N4OS. The standard InChI is InChI=1S/C14H14N4OS/c1-10(13-4-2-3-9-15-13)17-18-14(20)16-11-5-7-12(19)8-6-11/h2-9,19H,1H3,(H2,16,18,20)/b17-10+. The lowest BCUT2D eigenvalue weighted by Gasteiger charge is -2.07. The van der Waals surface area contributed by atoms with Crippen LogP contribution in [0.15, 0.2) is 53.8 Å². The van der Waals surface area contributed by atoms with Crippen LogP contribution in [-0.4, -0.2) is 20.9 Å². The fraction of sp³-hybridized carbons (Fsp3) is 0.0714. The van der Waals surface area contributed by atoms with Gasteiger partial charge in [-0.25, -0.2) is 0 Å². The Morgan fingerprint density at radius 2 is 1.95 bits per heavy atom. The molecule has 2 aromatic rings. The number of hydrogen-bond donors (Lipinski definition) is 3. The van der Waals surface area contributed by atoms with Crippen molar-refractivity contribution >= 4 is 28.7 Å². The van der Waals surface area contributed by atoms with Crippen LogP contribution in [-0.2, 0) is 0 Å². The molecule has 0 saturated heterocycles. The molecule has 2 rings (SSSR count). The number of benzene rings is 1. The average molecular weight is 286 g/mol. The highest BCUT2D eigenvalue weighted by molar-refractivity contribution is 7.80. The third kappa shape index (κ3) is 4.03. The molecular weight excluding hydrogens is 272 g/mol. The van der Waals surface area contributed by atoms with Crippen LogP contribution in [0.25, 0.3) is 0 Å². The Morgan fingerprint density at radius 3 is 2.60 bits per heavy atom. The van der Waals surface area contributed by atoms with Crippen LogP contribution in [0.3, 0.4) is 0 Å². The lowest BCUT2D eigenvalue weighted by molar-refractivity contribution is 0.475. The minimum absolute atomic E-state index is 0.207. The van der Waals surface area contributed by atoms with E-state index in [0.29, 0.717) is 5.11 Å². The molecule has 0 unspecified atom stereocenters. The number of nitrogens with zero attached hydrogens (tertiary/aromatic N) is 2. The molecule has 1 heterocycles. The van der Waals surface area contributed by atoms with Gasteiger partial charge in [0.2, 0.25) is 0 Å². The van der Waals surface area contributed by atoms with Gasteiger partial charge in [-0.15, -0.1) is 0 Å². The van der Waals surface area contributed by atoms with Crippen LogP contribution in [0.1, 0.15) is 12.6 Å². The fourth-order valence-electron chi connectivity index (χ4n) is 1.47. The Hall–Kier alpha value is -2.47. The van der Waals surface area contributed by atoms with Crippen LogP contribution in [0.4, 0.5) is 5.69 Å². The van der Waals surface area contributed by atoms with Crippen molar-refractivity contribution in [2.45, 2.75) is 6.92 Å². The van der Waals surface area contributed by atoms with Crippen molar-refractivity contribution in [3.05, 3.63) is 54.4 Å². The smallest absolute Gasteiger partial charge is 0.191 e. The summed E-state index contributed by atoms with van der Waals surface area (Å²) in [6, 6.07) is 12.2. The third-order valence-electron chi connectivity index (χ3n) is 2.49. The lowest BCUT2D eigenvalue weighted by atomic mass is 10.3. The maximum atomic E-state index is 9.19. The molecule has 0 saturated carbocycles. The van der Waals surface area contributed by atoms with Crippen molar-refractivity contribution in [2.75, 3.05) is 5.32 Å². The van der Waals surface area contributed by atoms with E-state index in [1.165, 1.54) is 0 Å². The van der Waals surface area contributed by atoms with Gasteiger partial charge >= 0.3 is 0 Å². The molecule has 3 N–H and O–H groups in total. The number of nitrogens with one attached hydrogen (secondary N) is 2. The highest BCUT2D eigenvalue weighted by atomic mass is 32.1. The van der Waals surface area contributed by atoms with E-state index in [4.69, 9.17) is 12.2 Å². The summed E-state index contributed by atoms with van der Waals surface area (Å²) in [5, 5.41) is 16.7. The van der Waals surface area contributed by atoms with E-state index in [2.05, 4.69) is 20.8 Å². The van der Waals surface area contributed by atoms with Gasteiger partial charge in [-0.05, 0) is 55.5 Å². The van der Waals surface area contributed by atoms with E-state index in [1.807, 2.05) is 25.1 Å². The normalized spacial score (nSPS) is 10.9. The van der Waals surface area contributed by atoms with Crippen molar-refractivity contribution in [3.8, 4) is 5.75 Å². The first-order chi connectivity index (χ1) is 9.65. The average Bonchev–Trinajstić information content (AvgIpc) is 2.48. The zero-order valence-corrected chi connectivity index (χ0v) is 11.7. The number of hydrazone groups is 1. The summed E-state index contributed by atoms with van der Waals surface area (Å²) in [7, 11) is 0. The van der Waals surface area contributed by atoms with Crippen LogP contribution < -0.4 is 10.7 Å². The summed E-state index contributed by atoms with van der Waals surface area (Å²) >= 11 is 5.13. The molecule has 0 radical (unpaired) electrons. The van der Waals surface area contributed by atoms with E-state index in [-0.39, 0.29) is 5.75 Å². The molecule has 0 amide bonds. The van der Waals surface area contributed by atoms with Crippen molar-refractivity contribution in [3.63, 3.8) is 0 Å². The topological polar surface area (TPSA) is 69.5 Å². The second kappa shape index (κ2) is 6.63. The molecule has 0 bridgehead atoms. The number of aromatic hydroxyl groups is 1. The first-order valence-corrected chi connectivity index (χ1v) is 6.38. The summed E-state index contributed by atoms with van der Waals surface area (Å²) in [6.07, 6.45) is 1.71. The number of rotatable bonds is 3. The van der Waals surface area contributed by atoms with Crippen LogP contribution in [0, 0.1) is 0 Å². The molecule has 0 aliphatic carbocycles. The van der Waals surface area contributed by atoms with Crippen LogP contribution in [0.2, 0.25) is 0 Å². The Kier molecular flexibility index (Phi) is 4.62. The fourth-order valence-corrected chi connectivity index (χ4v) is 1.64. The summed E-state index contributed by atoms with van der Waals surface area (Å²) in [5.41, 5.74) is 5.04. The van der Waals surface area contributed by atoms with Gasteiger partial charge in [-0.1, -0.05) is 6.07 Å². The minimum atomic E-state index is 0.207. The maximum absolute atomic E-state index is 9.19. The number of phenolic OH excluding ortho intramolecular Hbond substituents is 1. The molecule has 20 heavy (non-hydrogen) atoms. The second-order valence-corrected chi connectivity index (χ2v) is 4.43. The summed E-state index contributed by atoms with van der Waals surface area (Å²) in [5.74, 6) is 0.207.